The van der Waals surface area contributed by atoms with E-state index in [4.69, 9.17) is 9.47 Å². The number of thioether (sulfide) groups is 1. The normalized spacial score (nSPS) is 15.1. The van der Waals surface area contributed by atoms with Gasteiger partial charge in [0.15, 0.2) is 6.61 Å². The number of carbonyl (C=O) groups excluding carboxylic acids is 3. The fraction of sp³-hybridized carbons (Fsp3) is 0.286. The largest absolute Gasteiger partial charge is 0.497 e. The van der Waals surface area contributed by atoms with Crippen LogP contribution in [0.2, 0.25) is 0 Å². The smallest absolute Gasteiger partial charge is 0.307 e. The van der Waals surface area contributed by atoms with Gasteiger partial charge in [-0.2, -0.15) is 0 Å². The Labute approximate surface area is 173 Å². The number of amides is 2. The Balaban J connectivity index is 1.36. The molecule has 3 rings (SSSR count). The minimum Gasteiger partial charge on any atom is -0.497 e. The van der Waals surface area contributed by atoms with Crippen molar-refractivity contribution in [3.63, 3.8) is 0 Å². The van der Waals surface area contributed by atoms with Crippen LogP contribution in [-0.4, -0.2) is 43.3 Å². The van der Waals surface area contributed by atoms with Gasteiger partial charge in [0.2, 0.25) is 5.91 Å². The summed E-state index contributed by atoms with van der Waals surface area (Å²) in [5, 5.41) is 4.91. The highest BCUT2D eigenvalue weighted by atomic mass is 32.2. The van der Waals surface area contributed by atoms with Crippen molar-refractivity contribution in [3.8, 4) is 5.75 Å². The van der Waals surface area contributed by atoms with E-state index in [0.717, 1.165) is 21.9 Å². The minimum atomic E-state index is -0.581. The molecule has 0 radical (unpaired) electrons. The topological polar surface area (TPSA) is 93.7 Å². The number of nitrogens with one attached hydrogen (secondary N) is 2. The maximum atomic E-state index is 12.1. The second kappa shape index (κ2) is 9.97. The summed E-state index contributed by atoms with van der Waals surface area (Å²) in [5.41, 5.74) is 1.80. The van der Waals surface area contributed by atoms with Gasteiger partial charge in [0.25, 0.3) is 5.91 Å². The zero-order valence-electron chi connectivity index (χ0n) is 16.0. The third kappa shape index (κ3) is 5.99. The zero-order valence-corrected chi connectivity index (χ0v) is 16.8. The van der Waals surface area contributed by atoms with Crippen molar-refractivity contribution in [2.75, 3.05) is 25.6 Å². The van der Waals surface area contributed by atoms with Crippen molar-refractivity contribution >= 4 is 35.2 Å². The van der Waals surface area contributed by atoms with Gasteiger partial charge in [-0.05, 0) is 36.2 Å². The highest BCUT2D eigenvalue weighted by Gasteiger charge is 2.29. The molecular formula is C21H22N2O5S. The van der Waals surface area contributed by atoms with Crippen LogP contribution in [0.5, 0.6) is 5.75 Å². The van der Waals surface area contributed by atoms with E-state index in [1.54, 1.807) is 7.11 Å². The molecule has 0 spiro atoms. The minimum absolute atomic E-state index is 0.0933. The molecule has 7 nitrogen and oxygen atoms in total. The molecule has 8 heteroatoms. The number of fused-ring (bicyclic) bond motifs is 1. The average molecular weight is 414 g/mol. The molecule has 0 saturated heterocycles. The van der Waals surface area contributed by atoms with Gasteiger partial charge in [0.05, 0.1) is 24.5 Å². The first-order chi connectivity index (χ1) is 14.0. The molecule has 0 aromatic heterocycles. The van der Waals surface area contributed by atoms with E-state index >= 15 is 0 Å². The Kier molecular flexibility index (Phi) is 7.13. The molecule has 1 atom stereocenters. The molecule has 1 aliphatic heterocycles. The van der Waals surface area contributed by atoms with Crippen molar-refractivity contribution in [3.05, 3.63) is 54.1 Å². The Bertz CT molecular complexity index is 885. The number of hydrogen-bond donors (Lipinski definition) is 2. The molecule has 0 unspecified atom stereocenters. The third-order valence-electron chi connectivity index (χ3n) is 4.32. The first-order valence-electron chi connectivity index (χ1n) is 9.17. The van der Waals surface area contributed by atoms with Crippen LogP contribution in [0.3, 0.4) is 0 Å². The number of ether oxygens (including phenoxy) is 2. The van der Waals surface area contributed by atoms with Gasteiger partial charge in [-0.3, -0.25) is 14.4 Å². The number of benzene rings is 2. The number of rotatable bonds is 8. The van der Waals surface area contributed by atoms with Crippen LogP contribution in [0.1, 0.15) is 12.0 Å². The molecule has 1 heterocycles. The summed E-state index contributed by atoms with van der Waals surface area (Å²) in [6.45, 7) is 0.0669. The van der Waals surface area contributed by atoms with Crippen molar-refractivity contribution < 1.29 is 23.9 Å². The summed E-state index contributed by atoms with van der Waals surface area (Å²) in [6.07, 6.45) is 0.561. The summed E-state index contributed by atoms with van der Waals surface area (Å²) in [7, 11) is 1.61. The number of hydrogen-bond acceptors (Lipinski definition) is 6. The van der Waals surface area contributed by atoms with Gasteiger partial charge in [0.1, 0.15) is 5.75 Å². The van der Waals surface area contributed by atoms with Crippen LogP contribution >= 0.6 is 11.8 Å². The summed E-state index contributed by atoms with van der Waals surface area (Å²) in [5.74, 6) is -0.423. The quantitative estimate of drug-likeness (QED) is 0.645. The molecule has 1 aliphatic rings. The van der Waals surface area contributed by atoms with Gasteiger partial charge in [0, 0.05) is 11.4 Å². The lowest BCUT2D eigenvalue weighted by Gasteiger charge is -2.23. The Hall–Kier alpha value is -3.00. The lowest BCUT2D eigenvalue weighted by molar-refractivity contribution is -0.149. The molecule has 2 aromatic rings. The molecule has 29 heavy (non-hydrogen) atoms. The molecule has 0 aliphatic carbocycles. The van der Waals surface area contributed by atoms with E-state index in [-0.39, 0.29) is 24.8 Å². The van der Waals surface area contributed by atoms with E-state index in [2.05, 4.69) is 10.6 Å². The van der Waals surface area contributed by atoms with Crippen LogP contribution in [0.15, 0.2) is 53.4 Å². The molecular weight excluding hydrogens is 392 g/mol. The predicted molar refractivity (Wildman–Crippen MR) is 110 cm³/mol. The Morgan fingerprint density at radius 3 is 2.66 bits per heavy atom. The second-order valence-electron chi connectivity index (χ2n) is 6.40. The maximum Gasteiger partial charge on any atom is 0.307 e. The van der Waals surface area contributed by atoms with Crippen LogP contribution < -0.4 is 15.4 Å². The Morgan fingerprint density at radius 2 is 1.90 bits per heavy atom. The molecule has 2 amide bonds. The summed E-state index contributed by atoms with van der Waals surface area (Å²) in [4.78, 5) is 36.9. The number of esters is 1. The van der Waals surface area contributed by atoms with Crippen LogP contribution in [0.25, 0.3) is 0 Å². The van der Waals surface area contributed by atoms with Crippen LogP contribution in [0.4, 0.5) is 5.69 Å². The SMILES string of the molecule is COc1ccc(CCNC(=O)COC(=O)C[C@H]2Sc3ccccc3NC2=O)cc1. The second-order valence-corrected chi connectivity index (χ2v) is 7.65. The highest BCUT2D eigenvalue weighted by molar-refractivity contribution is 8.01. The van der Waals surface area contributed by atoms with Crippen LogP contribution in [-0.2, 0) is 25.5 Å². The van der Waals surface area contributed by atoms with Gasteiger partial charge >= 0.3 is 5.97 Å². The predicted octanol–water partition coefficient (Wildman–Crippen LogP) is 2.40. The maximum absolute atomic E-state index is 12.1. The average Bonchev–Trinajstić information content (AvgIpc) is 2.73. The van der Waals surface area contributed by atoms with E-state index < -0.39 is 11.2 Å². The standard InChI is InChI=1S/C21H22N2O5S/c1-27-15-8-6-14(7-9-15)10-11-22-19(24)13-28-20(25)12-18-21(26)23-16-4-2-3-5-17(16)29-18/h2-9,18H,10-13H2,1H3,(H,22,24)(H,23,26)/t18-/m1/s1. The summed E-state index contributed by atoms with van der Waals surface area (Å²) >= 11 is 1.32. The van der Waals surface area contributed by atoms with E-state index in [9.17, 15) is 14.4 Å². The first kappa shape index (κ1) is 20.7. The fourth-order valence-corrected chi connectivity index (χ4v) is 3.87. The van der Waals surface area contributed by atoms with Crippen molar-refractivity contribution in [2.45, 2.75) is 23.0 Å². The van der Waals surface area contributed by atoms with Gasteiger partial charge in [-0.25, -0.2) is 0 Å². The molecule has 152 valence electrons. The molecule has 0 bridgehead atoms. The molecule has 0 saturated carbocycles. The number of methoxy groups -OCH3 is 1. The number of para-hydroxylation sites is 1. The molecule has 2 N–H and O–H groups in total. The number of carbonyl (C=O) groups is 3. The van der Waals surface area contributed by atoms with E-state index in [1.807, 2.05) is 48.5 Å². The fourth-order valence-electron chi connectivity index (χ4n) is 2.77. The van der Waals surface area contributed by atoms with Crippen molar-refractivity contribution in [2.24, 2.45) is 0 Å². The van der Waals surface area contributed by atoms with E-state index in [0.29, 0.717) is 13.0 Å². The van der Waals surface area contributed by atoms with Crippen molar-refractivity contribution in [1.29, 1.82) is 0 Å². The lowest BCUT2D eigenvalue weighted by Crippen LogP contribution is -2.33. The molecule has 0 fully saturated rings. The van der Waals surface area contributed by atoms with E-state index in [1.165, 1.54) is 11.8 Å². The summed E-state index contributed by atoms with van der Waals surface area (Å²) in [6, 6.07) is 15.0. The first-order valence-corrected chi connectivity index (χ1v) is 10.0. The third-order valence-corrected chi connectivity index (χ3v) is 5.59. The van der Waals surface area contributed by atoms with Gasteiger partial charge in [-0.15, -0.1) is 11.8 Å². The van der Waals surface area contributed by atoms with Crippen molar-refractivity contribution in [1.82, 2.24) is 5.32 Å². The van der Waals surface area contributed by atoms with Gasteiger partial charge in [-0.1, -0.05) is 24.3 Å². The van der Waals surface area contributed by atoms with Gasteiger partial charge < -0.3 is 20.1 Å². The molecule has 2 aromatic carbocycles. The lowest BCUT2D eigenvalue weighted by atomic mass is 10.1. The highest BCUT2D eigenvalue weighted by Crippen LogP contribution is 2.36. The monoisotopic (exact) mass is 414 g/mol. The number of anilines is 1. The summed E-state index contributed by atoms with van der Waals surface area (Å²) < 4.78 is 10.1. The van der Waals surface area contributed by atoms with Crippen LogP contribution in [0, 0.1) is 0 Å². The Morgan fingerprint density at radius 1 is 1.14 bits per heavy atom. The zero-order chi connectivity index (χ0) is 20.6.